The zero-order valence-corrected chi connectivity index (χ0v) is 14.8. The fourth-order valence-corrected chi connectivity index (χ4v) is 3.47. The lowest BCUT2D eigenvalue weighted by Crippen LogP contribution is -2.42. The molecule has 0 saturated carbocycles. The van der Waals surface area contributed by atoms with Crippen molar-refractivity contribution in [3.05, 3.63) is 47.0 Å². The number of hydrogen-bond acceptors (Lipinski definition) is 3. The fraction of sp³-hybridized carbons (Fsp3) is 0.526. The molecule has 0 aromatic carbocycles. The Morgan fingerprint density at radius 3 is 2.75 bits per heavy atom. The van der Waals surface area contributed by atoms with Gasteiger partial charge in [0.15, 0.2) is 0 Å². The molecular formula is C19H26N4O. The minimum Gasteiger partial charge on any atom is -0.341 e. The van der Waals surface area contributed by atoms with E-state index in [9.17, 15) is 4.79 Å². The van der Waals surface area contributed by atoms with Crippen molar-refractivity contribution in [3.8, 4) is 0 Å². The molecule has 1 fully saturated rings. The van der Waals surface area contributed by atoms with Crippen molar-refractivity contribution in [2.24, 2.45) is 5.92 Å². The standard InChI is InChI=1S/C19H26N4O/c1-14-6-7-17(11-20-14)10-18-5-4-8-22(12-18)19(24)13-23-16(3)9-15(2)21-23/h6-7,9,11,18H,4-5,8,10,12-13H2,1-3H3/t18-/m0/s1. The summed E-state index contributed by atoms with van der Waals surface area (Å²) >= 11 is 0. The van der Waals surface area contributed by atoms with Crippen LogP contribution in [0, 0.1) is 26.7 Å². The van der Waals surface area contributed by atoms with Crippen molar-refractivity contribution >= 4 is 5.91 Å². The predicted octanol–water partition coefficient (Wildman–Crippen LogP) is 2.68. The van der Waals surface area contributed by atoms with Crippen LogP contribution in [0.15, 0.2) is 24.4 Å². The number of likely N-dealkylation sites (tertiary alicyclic amines) is 1. The van der Waals surface area contributed by atoms with Gasteiger partial charge in [0.25, 0.3) is 0 Å². The number of carbonyl (C=O) groups is 1. The summed E-state index contributed by atoms with van der Waals surface area (Å²) in [5.74, 6) is 0.695. The van der Waals surface area contributed by atoms with Gasteiger partial charge in [-0.25, -0.2) is 0 Å². The molecule has 0 aliphatic carbocycles. The highest BCUT2D eigenvalue weighted by molar-refractivity contribution is 5.76. The number of amides is 1. The van der Waals surface area contributed by atoms with Crippen LogP contribution in [0.3, 0.4) is 0 Å². The predicted molar refractivity (Wildman–Crippen MR) is 93.7 cm³/mol. The van der Waals surface area contributed by atoms with Crippen LogP contribution in [0.5, 0.6) is 0 Å². The second-order valence-electron chi connectivity index (χ2n) is 6.94. The van der Waals surface area contributed by atoms with Crippen molar-refractivity contribution in [1.82, 2.24) is 19.7 Å². The van der Waals surface area contributed by atoms with Gasteiger partial charge in [0.2, 0.25) is 5.91 Å². The Morgan fingerprint density at radius 2 is 2.08 bits per heavy atom. The van der Waals surface area contributed by atoms with Gasteiger partial charge >= 0.3 is 0 Å². The molecule has 0 spiro atoms. The largest absolute Gasteiger partial charge is 0.341 e. The topological polar surface area (TPSA) is 51.0 Å². The molecule has 1 aliphatic heterocycles. The Balaban J connectivity index is 1.59. The lowest BCUT2D eigenvalue weighted by Gasteiger charge is -2.33. The summed E-state index contributed by atoms with van der Waals surface area (Å²) in [6.45, 7) is 8.01. The second kappa shape index (κ2) is 7.16. The third kappa shape index (κ3) is 4.02. The third-order valence-corrected chi connectivity index (χ3v) is 4.76. The molecule has 24 heavy (non-hydrogen) atoms. The van der Waals surface area contributed by atoms with Gasteiger partial charge < -0.3 is 4.90 Å². The monoisotopic (exact) mass is 326 g/mol. The number of pyridine rings is 1. The van der Waals surface area contributed by atoms with Gasteiger partial charge in [0, 0.05) is 30.7 Å². The molecule has 5 heteroatoms. The summed E-state index contributed by atoms with van der Waals surface area (Å²) in [6, 6.07) is 6.22. The third-order valence-electron chi connectivity index (χ3n) is 4.76. The molecule has 5 nitrogen and oxygen atoms in total. The lowest BCUT2D eigenvalue weighted by atomic mass is 9.92. The van der Waals surface area contributed by atoms with E-state index in [1.165, 1.54) is 12.0 Å². The van der Waals surface area contributed by atoms with Gasteiger partial charge in [-0.05, 0) is 63.6 Å². The van der Waals surface area contributed by atoms with Crippen LogP contribution in [0.1, 0.15) is 35.5 Å². The van der Waals surface area contributed by atoms with Crippen molar-refractivity contribution in [3.63, 3.8) is 0 Å². The molecule has 1 saturated heterocycles. The van der Waals surface area contributed by atoms with Crippen LogP contribution in [0.25, 0.3) is 0 Å². The Bertz CT molecular complexity index is 705. The Kier molecular flexibility index (Phi) is 4.97. The molecule has 128 valence electrons. The van der Waals surface area contributed by atoms with Crippen LogP contribution in [-0.4, -0.2) is 38.7 Å². The van der Waals surface area contributed by atoms with Crippen LogP contribution >= 0.6 is 0 Å². The van der Waals surface area contributed by atoms with Crippen molar-refractivity contribution in [2.75, 3.05) is 13.1 Å². The molecule has 2 aromatic heterocycles. The number of nitrogens with zero attached hydrogens (tertiary/aromatic N) is 4. The van der Waals surface area contributed by atoms with E-state index >= 15 is 0 Å². The van der Waals surface area contributed by atoms with Crippen LogP contribution in [0.4, 0.5) is 0 Å². The zero-order chi connectivity index (χ0) is 17.1. The quantitative estimate of drug-likeness (QED) is 0.868. The summed E-state index contributed by atoms with van der Waals surface area (Å²) in [5.41, 5.74) is 4.31. The van der Waals surface area contributed by atoms with Gasteiger partial charge in [-0.15, -0.1) is 0 Å². The normalized spacial score (nSPS) is 18.0. The first-order valence-corrected chi connectivity index (χ1v) is 8.71. The number of piperidine rings is 1. The van der Waals surface area contributed by atoms with E-state index in [4.69, 9.17) is 0 Å². The summed E-state index contributed by atoms with van der Waals surface area (Å²) < 4.78 is 1.81. The number of carbonyl (C=O) groups excluding carboxylic acids is 1. The van der Waals surface area contributed by atoms with Crippen LogP contribution < -0.4 is 0 Å². The molecule has 1 amide bonds. The molecule has 1 atom stereocenters. The van der Waals surface area contributed by atoms with Crippen LogP contribution in [-0.2, 0) is 17.8 Å². The molecule has 1 aliphatic rings. The SMILES string of the molecule is Cc1ccc(C[C@@H]2CCCN(C(=O)Cn3nc(C)cc3C)C2)cn1. The molecule has 3 heterocycles. The highest BCUT2D eigenvalue weighted by Crippen LogP contribution is 2.21. The first-order valence-electron chi connectivity index (χ1n) is 8.71. The van der Waals surface area contributed by atoms with Crippen molar-refractivity contribution < 1.29 is 4.79 Å². The first-order chi connectivity index (χ1) is 11.5. The second-order valence-corrected chi connectivity index (χ2v) is 6.94. The minimum absolute atomic E-state index is 0.174. The smallest absolute Gasteiger partial charge is 0.244 e. The van der Waals surface area contributed by atoms with Gasteiger partial charge in [-0.1, -0.05) is 6.07 Å². The summed E-state index contributed by atoms with van der Waals surface area (Å²) in [6.07, 6.45) is 5.22. The molecule has 0 bridgehead atoms. The van der Waals surface area contributed by atoms with E-state index in [0.29, 0.717) is 12.5 Å². The Labute approximate surface area is 143 Å². The maximum Gasteiger partial charge on any atom is 0.244 e. The molecule has 0 N–H and O–H groups in total. The van der Waals surface area contributed by atoms with E-state index in [2.05, 4.69) is 22.2 Å². The van der Waals surface area contributed by atoms with Gasteiger partial charge in [0.1, 0.15) is 6.54 Å². The number of rotatable bonds is 4. The van der Waals surface area contributed by atoms with E-state index in [0.717, 1.165) is 43.0 Å². The zero-order valence-electron chi connectivity index (χ0n) is 14.8. The lowest BCUT2D eigenvalue weighted by molar-refractivity contribution is -0.133. The van der Waals surface area contributed by atoms with Crippen LogP contribution in [0.2, 0.25) is 0 Å². The minimum atomic E-state index is 0.174. The summed E-state index contributed by atoms with van der Waals surface area (Å²) in [5, 5.41) is 4.40. The Morgan fingerprint density at radius 1 is 1.25 bits per heavy atom. The van der Waals surface area contributed by atoms with E-state index in [-0.39, 0.29) is 5.91 Å². The molecule has 0 unspecified atom stereocenters. The van der Waals surface area contributed by atoms with Crippen molar-refractivity contribution in [2.45, 2.75) is 46.6 Å². The maximum absolute atomic E-state index is 12.6. The average Bonchev–Trinajstić information content (AvgIpc) is 2.87. The van der Waals surface area contributed by atoms with E-state index < -0.39 is 0 Å². The maximum atomic E-state index is 12.6. The average molecular weight is 326 g/mol. The van der Waals surface area contributed by atoms with E-state index in [1.807, 2.05) is 42.6 Å². The highest BCUT2D eigenvalue weighted by atomic mass is 16.2. The Hall–Kier alpha value is -2.17. The van der Waals surface area contributed by atoms with Gasteiger partial charge in [0.05, 0.1) is 5.69 Å². The number of aromatic nitrogens is 3. The molecule has 0 radical (unpaired) electrons. The van der Waals surface area contributed by atoms with Gasteiger partial charge in [-0.2, -0.15) is 5.10 Å². The number of aryl methyl sites for hydroxylation is 3. The summed E-state index contributed by atoms with van der Waals surface area (Å²) in [4.78, 5) is 19.0. The number of hydrogen-bond donors (Lipinski definition) is 0. The fourth-order valence-electron chi connectivity index (χ4n) is 3.47. The highest BCUT2D eigenvalue weighted by Gasteiger charge is 2.24. The van der Waals surface area contributed by atoms with Gasteiger partial charge in [-0.3, -0.25) is 14.5 Å². The summed E-state index contributed by atoms with van der Waals surface area (Å²) in [7, 11) is 0. The molecule has 2 aromatic rings. The van der Waals surface area contributed by atoms with E-state index in [1.54, 1.807) is 0 Å². The first kappa shape index (κ1) is 16.7. The molecule has 3 rings (SSSR count). The van der Waals surface area contributed by atoms with Crippen molar-refractivity contribution in [1.29, 1.82) is 0 Å². The molecular weight excluding hydrogens is 300 g/mol.